The fourth-order valence-corrected chi connectivity index (χ4v) is 1.78. The predicted molar refractivity (Wildman–Crippen MR) is 77.3 cm³/mol. The highest BCUT2D eigenvalue weighted by Crippen LogP contribution is 2.17. The van der Waals surface area contributed by atoms with Crippen LogP contribution in [0.4, 0.5) is 4.39 Å². The number of halogens is 1. The number of hydrogen-bond acceptors (Lipinski definition) is 3. The van der Waals surface area contributed by atoms with Crippen LogP contribution in [0.2, 0.25) is 0 Å². The SMILES string of the molecule is COc1ccc(C(=O)N(C)CCC(N)C(C)C)c(F)c1. The Kier molecular flexibility index (Phi) is 5.95. The molecule has 5 heteroatoms. The standard InChI is InChI=1S/C15H23FN2O2/c1-10(2)14(17)7-8-18(3)15(19)12-6-5-11(20-4)9-13(12)16/h5-6,9-10,14H,7-8,17H2,1-4H3. The van der Waals surface area contributed by atoms with Crippen LogP contribution in [0.5, 0.6) is 5.75 Å². The van der Waals surface area contributed by atoms with E-state index >= 15 is 0 Å². The molecule has 1 atom stereocenters. The third-order valence-electron chi connectivity index (χ3n) is 3.41. The van der Waals surface area contributed by atoms with E-state index in [1.54, 1.807) is 13.1 Å². The highest BCUT2D eigenvalue weighted by atomic mass is 19.1. The van der Waals surface area contributed by atoms with Gasteiger partial charge in [-0.25, -0.2) is 4.39 Å². The summed E-state index contributed by atoms with van der Waals surface area (Å²) in [7, 11) is 3.11. The Bertz CT molecular complexity index is 463. The Hall–Kier alpha value is -1.62. The van der Waals surface area contributed by atoms with Crippen LogP contribution in [0.25, 0.3) is 0 Å². The van der Waals surface area contributed by atoms with Crippen LogP contribution >= 0.6 is 0 Å². The second-order valence-corrected chi connectivity index (χ2v) is 5.27. The maximum Gasteiger partial charge on any atom is 0.256 e. The summed E-state index contributed by atoms with van der Waals surface area (Å²) in [5, 5.41) is 0. The molecule has 0 aliphatic carbocycles. The largest absolute Gasteiger partial charge is 0.497 e. The van der Waals surface area contributed by atoms with E-state index in [1.807, 2.05) is 13.8 Å². The predicted octanol–water partition coefficient (Wildman–Crippen LogP) is 2.28. The van der Waals surface area contributed by atoms with Gasteiger partial charge in [0.05, 0.1) is 12.7 Å². The zero-order chi connectivity index (χ0) is 15.3. The van der Waals surface area contributed by atoms with Gasteiger partial charge in [-0.1, -0.05) is 13.8 Å². The van der Waals surface area contributed by atoms with Crippen molar-refractivity contribution < 1.29 is 13.9 Å². The summed E-state index contributed by atoms with van der Waals surface area (Å²) in [5.41, 5.74) is 5.99. The van der Waals surface area contributed by atoms with E-state index in [2.05, 4.69) is 0 Å². The van der Waals surface area contributed by atoms with Crippen LogP contribution in [0.3, 0.4) is 0 Å². The number of nitrogens with zero attached hydrogens (tertiary/aromatic N) is 1. The monoisotopic (exact) mass is 282 g/mol. The van der Waals surface area contributed by atoms with Gasteiger partial charge in [0.15, 0.2) is 0 Å². The molecule has 0 heterocycles. The molecule has 1 aromatic carbocycles. The highest BCUT2D eigenvalue weighted by Gasteiger charge is 2.18. The molecule has 0 spiro atoms. The van der Waals surface area contributed by atoms with Crippen molar-refractivity contribution in [1.29, 1.82) is 0 Å². The normalized spacial score (nSPS) is 12.3. The smallest absolute Gasteiger partial charge is 0.256 e. The average Bonchev–Trinajstić information content (AvgIpc) is 2.43. The summed E-state index contributed by atoms with van der Waals surface area (Å²) in [4.78, 5) is 13.6. The van der Waals surface area contributed by atoms with Crippen LogP contribution in [0, 0.1) is 11.7 Å². The molecule has 0 saturated carbocycles. The third-order valence-corrected chi connectivity index (χ3v) is 3.41. The van der Waals surface area contributed by atoms with Crippen molar-refractivity contribution in [1.82, 2.24) is 4.90 Å². The van der Waals surface area contributed by atoms with Crippen LogP contribution < -0.4 is 10.5 Å². The van der Waals surface area contributed by atoms with Gasteiger partial charge in [-0.15, -0.1) is 0 Å². The third kappa shape index (κ3) is 4.20. The van der Waals surface area contributed by atoms with E-state index in [9.17, 15) is 9.18 Å². The van der Waals surface area contributed by atoms with Crippen LogP contribution in [0.1, 0.15) is 30.6 Å². The number of ether oxygens (including phenoxy) is 1. The summed E-state index contributed by atoms with van der Waals surface area (Å²) < 4.78 is 18.7. The maximum absolute atomic E-state index is 13.8. The first-order chi connectivity index (χ1) is 9.36. The van der Waals surface area contributed by atoms with E-state index in [0.717, 1.165) is 0 Å². The van der Waals surface area contributed by atoms with Crippen molar-refractivity contribution in [3.8, 4) is 5.75 Å². The molecule has 1 rings (SSSR count). The van der Waals surface area contributed by atoms with Gasteiger partial charge in [-0.3, -0.25) is 4.79 Å². The Morgan fingerprint density at radius 2 is 2.10 bits per heavy atom. The molecule has 0 radical (unpaired) electrons. The number of benzene rings is 1. The fourth-order valence-electron chi connectivity index (χ4n) is 1.78. The zero-order valence-corrected chi connectivity index (χ0v) is 12.5. The Balaban J connectivity index is 2.69. The van der Waals surface area contributed by atoms with Gasteiger partial charge in [-0.05, 0) is 24.5 Å². The van der Waals surface area contributed by atoms with Gasteiger partial charge < -0.3 is 15.4 Å². The minimum absolute atomic E-state index is 0.0333. The Morgan fingerprint density at radius 1 is 1.45 bits per heavy atom. The van der Waals surface area contributed by atoms with Gasteiger partial charge >= 0.3 is 0 Å². The summed E-state index contributed by atoms with van der Waals surface area (Å²) in [6.45, 7) is 4.58. The van der Waals surface area contributed by atoms with Crippen molar-refractivity contribution in [3.63, 3.8) is 0 Å². The van der Waals surface area contributed by atoms with E-state index in [4.69, 9.17) is 10.5 Å². The molecule has 20 heavy (non-hydrogen) atoms. The summed E-state index contributed by atoms with van der Waals surface area (Å²) in [6.07, 6.45) is 0.692. The quantitative estimate of drug-likeness (QED) is 0.871. The maximum atomic E-state index is 13.8. The Morgan fingerprint density at radius 3 is 2.60 bits per heavy atom. The molecular weight excluding hydrogens is 259 g/mol. The van der Waals surface area contributed by atoms with E-state index in [-0.39, 0.29) is 17.5 Å². The van der Waals surface area contributed by atoms with Crippen molar-refractivity contribution >= 4 is 5.91 Å². The summed E-state index contributed by atoms with van der Waals surface area (Å²) in [6, 6.07) is 4.26. The van der Waals surface area contributed by atoms with Gasteiger partial charge in [0, 0.05) is 25.7 Å². The second-order valence-electron chi connectivity index (χ2n) is 5.27. The molecule has 1 aromatic rings. The minimum Gasteiger partial charge on any atom is -0.497 e. The molecule has 0 aliphatic rings. The van der Waals surface area contributed by atoms with E-state index in [1.165, 1.54) is 24.1 Å². The van der Waals surface area contributed by atoms with Gasteiger partial charge in [0.2, 0.25) is 0 Å². The molecule has 4 nitrogen and oxygen atoms in total. The van der Waals surface area contributed by atoms with Gasteiger partial charge in [0.1, 0.15) is 11.6 Å². The first-order valence-corrected chi connectivity index (χ1v) is 6.71. The number of methoxy groups -OCH3 is 1. The number of carbonyl (C=O) groups is 1. The highest BCUT2D eigenvalue weighted by molar-refractivity contribution is 5.94. The number of nitrogens with two attached hydrogens (primary N) is 1. The van der Waals surface area contributed by atoms with Gasteiger partial charge in [0.25, 0.3) is 5.91 Å². The van der Waals surface area contributed by atoms with Crippen LogP contribution in [-0.2, 0) is 0 Å². The van der Waals surface area contributed by atoms with Crippen LogP contribution in [0.15, 0.2) is 18.2 Å². The van der Waals surface area contributed by atoms with Gasteiger partial charge in [-0.2, -0.15) is 0 Å². The molecule has 1 amide bonds. The molecule has 0 saturated heterocycles. The molecule has 0 aliphatic heterocycles. The summed E-state index contributed by atoms with van der Waals surface area (Å²) in [5.74, 6) is -0.171. The molecule has 2 N–H and O–H groups in total. The second kappa shape index (κ2) is 7.24. The number of rotatable bonds is 6. The van der Waals surface area contributed by atoms with Crippen LogP contribution in [-0.4, -0.2) is 37.6 Å². The van der Waals surface area contributed by atoms with Crippen molar-refractivity contribution in [2.45, 2.75) is 26.3 Å². The molecular formula is C15H23FN2O2. The molecule has 0 bridgehead atoms. The lowest BCUT2D eigenvalue weighted by atomic mass is 10.0. The lowest BCUT2D eigenvalue weighted by molar-refractivity contribution is 0.0784. The minimum atomic E-state index is -0.575. The Labute approximate surface area is 119 Å². The fraction of sp³-hybridized carbons (Fsp3) is 0.533. The number of hydrogen-bond donors (Lipinski definition) is 1. The van der Waals surface area contributed by atoms with Crippen molar-refractivity contribution in [2.75, 3.05) is 20.7 Å². The number of carbonyl (C=O) groups excluding carboxylic acids is 1. The number of amides is 1. The molecule has 0 aromatic heterocycles. The topological polar surface area (TPSA) is 55.6 Å². The van der Waals surface area contributed by atoms with E-state index in [0.29, 0.717) is 24.6 Å². The summed E-state index contributed by atoms with van der Waals surface area (Å²) >= 11 is 0. The lowest BCUT2D eigenvalue weighted by Crippen LogP contribution is -2.35. The molecule has 1 unspecified atom stereocenters. The van der Waals surface area contributed by atoms with Crippen molar-refractivity contribution in [3.05, 3.63) is 29.6 Å². The average molecular weight is 282 g/mol. The molecule has 0 fully saturated rings. The molecule has 112 valence electrons. The zero-order valence-electron chi connectivity index (χ0n) is 12.5. The van der Waals surface area contributed by atoms with E-state index < -0.39 is 5.82 Å². The van der Waals surface area contributed by atoms with Crippen molar-refractivity contribution in [2.24, 2.45) is 11.7 Å². The first-order valence-electron chi connectivity index (χ1n) is 6.71. The first kappa shape index (κ1) is 16.4. The lowest BCUT2D eigenvalue weighted by Gasteiger charge is -2.21.